The van der Waals surface area contributed by atoms with Crippen LogP contribution in [0, 0.1) is 0 Å². The van der Waals surface area contributed by atoms with E-state index in [0.29, 0.717) is 67.8 Å². The monoisotopic (exact) mass is 708 g/mol. The second-order valence-corrected chi connectivity index (χ2v) is 12.8. The van der Waals surface area contributed by atoms with Crippen molar-refractivity contribution in [1.82, 2.24) is 29.9 Å². The third-order valence-corrected chi connectivity index (χ3v) is 8.92. The zero-order chi connectivity index (χ0) is 37.9. The summed E-state index contributed by atoms with van der Waals surface area (Å²) in [6, 6.07) is 29.1. The number of hydrogen-bond donors (Lipinski definition) is 0. The van der Waals surface area contributed by atoms with Crippen LogP contribution in [0.3, 0.4) is 0 Å². The summed E-state index contributed by atoms with van der Waals surface area (Å²) < 4.78 is 0. The molecule has 0 saturated carbocycles. The van der Waals surface area contributed by atoms with Gasteiger partial charge in [0.05, 0.1) is 45.6 Å². The van der Waals surface area contributed by atoms with Gasteiger partial charge in [0.1, 0.15) is 0 Å². The number of rotatable bonds is 10. The summed E-state index contributed by atoms with van der Waals surface area (Å²) in [5.74, 6) is -0.357. The highest BCUT2D eigenvalue weighted by molar-refractivity contribution is 5.97. The predicted octanol–water partition coefficient (Wildman–Crippen LogP) is 8.87. The minimum Gasteiger partial charge on any atom is -0.295 e. The number of carbonyl (C=O) groups excluding carboxylic acids is 4. The van der Waals surface area contributed by atoms with E-state index >= 15 is 0 Å². The summed E-state index contributed by atoms with van der Waals surface area (Å²) in [6.07, 6.45) is 6.33. The first-order valence-electron chi connectivity index (χ1n) is 17.1. The fourth-order valence-electron chi connectivity index (χ4n) is 5.93. The second kappa shape index (κ2) is 14.8. The van der Waals surface area contributed by atoms with Crippen LogP contribution >= 0.6 is 0 Å². The van der Waals surface area contributed by atoms with E-state index in [-0.39, 0.29) is 23.1 Å². The molecular formula is C44H32N6O4. The fraction of sp³-hybridized carbons (Fsp3) is 0.0909. The molecule has 0 bridgehead atoms. The molecule has 10 heteroatoms. The lowest BCUT2D eigenvalue weighted by molar-refractivity contribution is 0.100. The third kappa shape index (κ3) is 7.54. The lowest BCUT2D eigenvalue weighted by atomic mass is 9.97. The van der Waals surface area contributed by atoms with Gasteiger partial charge >= 0.3 is 0 Å². The second-order valence-electron chi connectivity index (χ2n) is 12.8. The first-order valence-corrected chi connectivity index (χ1v) is 17.1. The maximum Gasteiger partial charge on any atom is 0.159 e. The number of carbonyl (C=O) groups is 4. The van der Waals surface area contributed by atoms with Gasteiger partial charge in [-0.25, -0.2) is 9.97 Å². The van der Waals surface area contributed by atoms with Crippen molar-refractivity contribution in [3.8, 4) is 67.8 Å². The van der Waals surface area contributed by atoms with Crippen molar-refractivity contribution >= 4 is 23.1 Å². The van der Waals surface area contributed by atoms with E-state index in [1.165, 1.54) is 27.7 Å². The number of hydrogen-bond acceptors (Lipinski definition) is 10. The molecule has 0 aliphatic carbocycles. The highest BCUT2D eigenvalue weighted by Gasteiger charge is 2.16. The first-order chi connectivity index (χ1) is 26.0. The summed E-state index contributed by atoms with van der Waals surface area (Å²) in [5, 5.41) is 0. The summed E-state index contributed by atoms with van der Waals surface area (Å²) in [4.78, 5) is 76.7. The Bertz CT molecular complexity index is 2300. The third-order valence-electron chi connectivity index (χ3n) is 8.92. The van der Waals surface area contributed by atoms with Crippen LogP contribution in [0.4, 0.5) is 0 Å². The van der Waals surface area contributed by atoms with Crippen molar-refractivity contribution < 1.29 is 19.2 Å². The number of pyridine rings is 6. The Morgan fingerprint density at radius 3 is 0.778 bits per heavy atom. The van der Waals surface area contributed by atoms with Gasteiger partial charge in [-0.3, -0.25) is 39.1 Å². The van der Waals surface area contributed by atoms with Crippen LogP contribution in [0.25, 0.3) is 67.8 Å². The van der Waals surface area contributed by atoms with Crippen LogP contribution in [0.15, 0.2) is 122 Å². The molecule has 7 rings (SSSR count). The predicted molar refractivity (Wildman–Crippen MR) is 206 cm³/mol. The van der Waals surface area contributed by atoms with Gasteiger partial charge in [-0.1, -0.05) is 24.3 Å². The highest BCUT2D eigenvalue weighted by atomic mass is 16.1. The fourth-order valence-corrected chi connectivity index (χ4v) is 5.93. The molecule has 1 aromatic carbocycles. The lowest BCUT2D eigenvalue weighted by Gasteiger charge is -2.12. The number of nitrogens with zero attached hydrogens (tertiary/aromatic N) is 6. The van der Waals surface area contributed by atoms with E-state index < -0.39 is 0 Å². The average molecular weight is 709 g/mol. The van der Waals surface area contributed by atoms with Crippen molar-refractivity contribution in [3.63, 3.8) is 0 Å². The number of ketones is 4. The van der Waals surface area contributed by atoms with Crippen molar-refractivity contribution in [2.24, 2.45) is 0 Å². The molecule has 54 heavy (non-hydrogen) atoms. The number of Topliss-reactive ketones (excluding diaryl/α,β-unsaturated/α-hetero) is 4. The smallest absolute Gasteiger partial charge is 0.159 e. The minimum absolute atomic E-state index is 0.0893. The molecule has 10 nitrogen and oxygen atoms in total. The van der Waals surface area contributed by atoms with E-state index in [9.17, 15) is 19.2 Å². The van der Waals surface area contributed by atoms with E-state index in [4.69, 9.17) is 9.97 Å². The summed E-state index contributed by atoms with van der Waals surface area (Å²) in [5.41, 5.74) is 9.65. The lowest BCUT2D eigenvalue weighted by Crippen LogP contribution is -1.99. The quantitative estimate of drug-likeness (QED) is 0.126. The van der Waals surface area contributed by atoms with Gasteiger partial charge in [0.2, 0.25) is 0 Å². The molecule has 0 amide bonds. The highest BCUT2D eigenvalue weighted by Crippen LogP contribution is 2.33. The summed E-state index contributed by atoms with van der Waals surface area (Å²) >= 11 is 0. The molecule has 0 aliphatic rings. The molecule has 6 aromatic heterocycles. The van der Waals surface area contributed by atoms with Crippen LogP contribution in [-0.4, -0.2) is 53.0 Å². The van der Waals surface area contributed by atoms with Crippen molar-refractivity contribution in [3.05, 3.63) is 144 Å². The van der Waals surface area contributed by atoms with Gasteiger partial charge in [0, 0.05) is 47.0 Å². The molecule has 0 saturated heterocycles. The van der Waals surface area contributed by atoms with E-state index in [1.807, 2.05) is 48.5 Å². The Balaban J connectivity index is 1.34. The van der Waals surface area contributed by atoms with Crippen LogP contribution in [0.1, 0.15) is 69.1 Å². The van der Waals surface area contributed by atoms with Crippen LogP contribution < -0.4 is 0 Å². The minimum atomic E-state index is -0.0893. The molecule has 0 unspecified atom stereocenters. The Morgan fingerprint density at radius 1 is 0.315 bits per heavy atom. The van der Waals surface area contributed by atoms with E-state index in [0.717, 1.165) is 22.3 Å². The molecule has 0 fully saturated rings. The topological polar surface area (TPSA) is 146 Å². The number of aromatic nitrogens is 6. The maximum absolute atomic E-state index is 12.2. The molecule has 0 aliphatic heterocycles. The maximum atomic E-state index is 12.2. The molecule has 0 radical (unpaired) electrons. The zero-order valence-electron chi connectivity index (χ0n) is 29.9. The van der Waals surface area contributed by atoms with Gasteiger partial charge < -0.3 is 0 Å². The average Bonchev–Trinajstić information content (AvgIpc) is 3.20. The SMILES string of the molecule is CC(=O)c1ccnc(-c2cc(-c3ccc(-c4cc(-c5cc(C(C)=O)ccn5)nc(-c5cc(C(C)=O)ccn5)c4)cc3)cc(-c3cc(C(C)=O)ccn3)n2)c1. The molecule has 7 aromatic rings. The van der Waals surface area contributed by atoms with E-state index in [1.54, 1.807) is 73.3 Å². The van der Waals surface area contributed by atoms with Gasteiger partial charge in [-0.2, -0.15) is 0 Å². The van der Waals surface area contributed by atoms with Gasteiger partial charge in [-0.05, 0) is 123 Å². The Hall–Kier alpha value is -7.20. The van der Waals surface area contributed by atoms with Crippen molar-refractivity contribution in [1.29, 1.82) is 0 Å². The van der Waals surface area contributed by atoms with Crippen LogP contribution in [0.5, 0.6) is 0 Å². The molecule has 0 N–H and O–H groups in total. The molecular weight excluding hydrogens is 677 g/mol. The number of benzene rings is 1. The van der Waals surface area contributed by atoms with Crippen molar-refractivity contribution in [2.45, 2.75) is 27.7 Å². The van der Waals surface area contributed by atoms with Gasteiger partial charge in [0.15, 0.2) is 23.1 Å². The summed E-state index contributed by atoms with van der Waals surface area (Å²) in [7, 11) is 0. The van der Waals surface area contributed by atoms with Crippen LogP contribution in [-0.2, 0) is 0 Å². The summed E-state index contributed by atoms with van der Waals surface area (Å²) in [6.45, 7) is 6.01. The van der Waals surface area contributed by atoms with Gasteiger partial charge in [0.25, 0.3) is 0 Å². The Labute approximate surface area is 311 Å². The largest absolute Gasteiger partial charge is 0.295 e. The molecule has 6 heterocycles. The van der Waals surface area contributed by atoms with Gasteiger partial charge in [-0.15, -0.1) is 0 Å². The van der Waals surface area contributed by atoms with Crippen LogP contribution in [0.2, 0.25) is 0 Å². The first kappa shape index (κ1) is 35.2. The normalized spacial score (nSPS) is 10.9. The molecule has 0 atom stereocenters. The Kier molecular flexibility index (Phi) is 9.65. The molecule has 262 valence electrons. The molecule has 0 spiro atoms. The Morgan fingerprint density at radius 2 is 0.556 bits per heavy atom. The zero-order valence-corrected chi connectivity index (χ0v) is 29.9. The standard InChI is InChI=1S/C44H32N6O4/c1-25(51)31-9-13-45-37(17-31)41-21-35(22-42(49-41)38-18-32(26(2)52)10-14-46-38)29-5-7-30(8-6-29)36-23-43(39-19-33(27(3)53)11-15-47-39)50-44(24-36)40-20-34(28(4)54)12-16-48-40/h5-24H,1-4H3. The van der Waals surface area contributed by atoms with Crippen molar-refractivity contribution in [2.75, 3.05) is 0 Å². The van der Waals surface area contributed by atoms with E-state index in [2.05, 4.69) is 19.9 Å².